The Morgan fingerprint density at radius 1 is 0.906 bits per heavy atom. The van der Waals surface area contributed by atoms with E-state index in [0.29, 0.717) is 6.04 Å². The molecule has 0 N–H and O–H groups in total. The third kappa shape index (κ3) is 3.43. The van der Waals surface area contributed by atoms with Gasteiger partial charge in [-0.3, -0.25) is 9.69 Å². The zero-order chi connectivity index (χ0) is 21.5. The molecule has 5 heteroatoms. The summed E-state index contributed by atoms with van der Waals surface area (Å²) in [5.41, 5.74) is 5.48. The van der Waals surface area contributed by atoms with Crippen LogP contribution in [0.1, 0.15) is 21.5 Å². The summed E-state index contributed by atoms with van der Waals surface area (Å²) in [4.78, 5) is 20.1. The van der Waals surface area contributed by atoms with E-state index in [0.717, 1.165) is 62.8 Å². The topological polar surface area (TPSA) is 36.0 Å². The number of ether oxygens (including phenoxy) is 1. The van der Waals surface area contributed by atoms with Crippen LogP contribution in [-0.2, 0) is 13.0 Å². The molecule has 6 rings (SSSR count). The summed E-state index contributed by atoms with van der Waals surface area (Å²) in [5, 5.41) is 0. The molecule has 1 atom stereocenters. The van der Waals surface area contributed by atoms with E-state index < -0.39 is 0 Å². The lowest BCUT2D eigenvalue weighted by atomic mass is 10.1. The quantitative estimate of drug-likeness (QED) is 0.636. The van der Waals surface area contributed by atoms with E-state index in [4.69, 9.17) is 4.74 Å². The van der Waals surface area contributed by atoms with Gasteiger partial charge in [-0.1, -0.05) is 42.5 Å². The van der Waals surface area contributed by atoms with Crippen molar-refractivity contribution in [2.24, 2.45) is 0 Å². The smallest absolute Gasteiger partial charge is 0.258 e. The van der Waals surface area contributed by atoms with E-state index in [9.17, 15) is 4.79 Å². The molecule has 3 aliphatic rings. The Balaban J connectivity index is 1.15. The van der Waals surface area contributed by atoms with Gasteiger partial charge in [0.1, 0.15) is 12.4 Å². The molecule has 0 bridgehead atoms. The number of benzene rings is 3. The van der Waals surface area contributed by atoms with Crippen LogP contribution in [0, 0.1) is 0 Å². The van der Waals surface area contributed by atoms with Crippen LogP contribution in [0.5, 0.6) is 5.75 Å². The van der Waals surface area contributed by atoms with Crippen molar-refractivity contribution < 1.29 is 9.53 Å². The highest BCUT2D eigenvalue weighted by Gasteiger charge is 2.32. The van der Waals surface area contributed by atoms with Gasteiger partial charge in [-0.25, -0.2) is 0 Å². The molecule has 5 nitrogen and oxygen atoms in total. The highest BCUT2D eigenvalue weighted by atomic mass is 16.5. The average Bonchev–Trinajstić information content (AvgIpc) is 3.28. The Kier molecular flexibility index (Phi) is 4.84. The van der Waals surface area contributed by atoms with Crippen LogP contribution in [0.2, 0.25) is 0 Å². The number of anilines is 2. The van der Waals surface area contributed by atoms with Crippen LogP contribution in [0.25, 0.3) is 0 Å². The van der Waals surface area contributed by atoms with Gasteiger partial charge < -0.3 is 14.5 Å². The van der Waals surface area contributed by atoms with Crippen molar-refractivity contribution in [2.75, 3.05) is 42.6 Å². The van der Waals surface area contributed by atoms with E-state index in [-0.39, 0.29) is 5.91 Å². The number of piperazine rings is 1. The van der Waals surface area contributed by atoms with Gasteiger partial charge in [0.05, 0.1) is 11.7 Å². The van der Waals surface area contributed by atoms with Gasteiger partial charge in [0.15, 0.2) is 0 Å². The van der Waals surface area contributed by atoms with Gasteiger partial charge in [-0.15, -0.1) is 0 Å². The highest BCUT2D eigenvalue weighted by molar-refractivity contribution is 6.07. The molecule has 162 valence electrons. The molecular formula is C27H27N3O2. The van der Waals surface area contributed by atoms with Crippen molar-refractivity contribution in [1.82, 2.24) is 4.90 Å². The minimum absolute atomic E-state index is 0.0962. The first-order valence-electron chi connectivity index (χ1n) is 11.5. The van der Waals surface area contributed by atoms with Gasteiger partial charge >= 0.3 is 0 Å². The summed E-state index contributed by atoms with van der Waals surface area (Å²) >= 11 is 0. The highest BCUT2D eigenvalue weighted by Crippen LogP contribution is 2.35. The van der Waals surface area contributed by atoms with E-state index in [1.807, 2.05) is 41.3 Å². The summed E-state index contributed by atoms with van der Waals surface area (Å²) in [6, 6.07) is 25.1. The Hall–Kier alpha value is -3.31. The number of para-hydroxylation sites is 3. The molecule has 3 aromatic rings. The fraction of sp³-hybridized carbons (Fsp3) is 0.296. The Bertz CT molecular complexity index is 1160. The summed E-state index contributed by atoms with van der Waals surface area (Å²) in [7, 11) is 0. The molecule has 32 heavy (non-hydrogen) atoms. The number of rotatable bonds is 3. The molecule has 3 heterocycles. The van der Waals surface area contributed by atoms with Crippen molar-refractivity contribution in [2.45, 2.75) is 19.0 Å². The summed E-state index contributed by atoms with van der Waals surface area (Å²) < 4.78 is 6.01. The van der Waals surface area contributed by atoms with Crippen molar-refractivity contribution in [1.29, 1.82) is 0 Å². The zero-order valence-corrected chi connectivity index (χ0v) is 18.1. The van der Waals surface area contributed by atoms with Crippen molar-refractivity contribution in [3.8, 4) is 5.75 Å². The molecule has 0 spiro atoms. The van der Waals surface area contributed by atoms with Gasteiger partial charge in [0.2, 0.25) is 0 Å². The summed E-state index contributed by atoms with van der Waals surface area (Å²) in [6.45, 7) is 5.29. The van der Waals surface area contributed by atoms with Crippen LogP contribution in [0.3, 0.4) is 0 Å². The normalized spacial score (nSPS) is 19.7. The number of amides is 1. The Morgan fingerprint density at radius 3 is 2.69 bits per heavy atom. The monoisotopic (exact) mass is 425 g/mol. The lowest BCUT2D eigenvalue weighted by Gasteiger charge is -2.45. The number of carbonyl (C=O) groups is 1. The molecule has 0 saturated carbocycles. The average molecular weight is 426 g/mol. The van der Waals surface area contributed by atoms with E-state index in [1.54, 1.807) is 0 Å². The maximum atomic E-state index is 13.2. The lowest BCUT2D eigenvalue weighted by molar-refractivity contribution is 0.0989. The number of carbonyl (C=O) groups excluding carboxylic acids is 1. The first-order valence-corrected chi connectivity index (χ1v) is 11.5. The molecule has 1 unspecified atom stereocenters. The number of fused-ring (bicyclic) bond motifs is 4. The summed E-state index contributed by atoms with van der Waals surface area (Å²) in [5.74, 6) is 1.09. The maximum absolute atomic E-state index is 13.2. The SMILES string of the molecule is O=C(c1cccc(CN2CCN3c4ccccc4OCC3C2)c1)N1CCc2ccccc21. The van der Waals surface area contributed by atoms with Gasteiger partial charge in [-0.05, 0) is 47.9 Å². The second-order valence-corrected chi connectivity index (χ2v) is 8.90. The van der Waals surface area contributed by atoms with Crippen LogP contribution in [0.4, 0.5) is 11.4 Å². The maximum Gasteiger partial charge on any atom is 0.258 e. The van der Waals surface area contributed by atoms with Crippen LogP contribution >= 0.6 is 0 Å². The molecule has 0 aromatic heterocycles. The third-order valence-corrected chi connectivity index (χ3v) is 6.89. The van der Waals surface area contributed by atoms with Gasteiger partial charge in [0, 0.05) is 44.0 Å². The Morgan fingerprint density at radius 2 is 1.75 bits per heavy atom. The van der Waals surface area contributed by atoms with Gasteiger partial charge in [-0.2, -0.15) is 0 Å². The predicted molar refractivity (Wildman–Crippen MR) is 127 cm³/mol. The predicted octanol–water partition coefficient (Wildman–Crippen LogP) is 3.97. The first-order chi connectivity index (χ1) is 15.8. The largest absolute Gasteiger partial charge is 0.489 e. The standard InChI is InChI=1S/C27H27N3O2/c31-27(30-13-12-21-7-1-2-9-24(21)30)22-8-5-6-20(16-22)17-28-14-15-29-23(18-28)19-32-26-11-4-3-10-25(26)29/h1-11,16,23H,12-15,17-19H2. The fourth-order valence-corrected chi connectivity index (χ4v) is 5.29. The molecule has 1 amide bonds. The summed E-state index contributed by atoms with van der Waals surface area (Å²) in [6.07, 6.45) is 0.929. The van der Waals surface area contributed by atoms with Gasteiger partial charge in [0.25, 0.3) is 5.91 Å². The number of nitrogens with zero attached hydrogens (tertiary/aromatic N) is 3. The van der Waals surface area contributed by atoms with Crippen LogP contribution in [0.15, 0.2) is 72.8 Å². The molecule has 0 aliphatic carbocycles. The molecule has 1 saturated heterocycles. The Labute approximate surface area is 188 Å². The number of hydrogen-bond acceptors (Lipinski definition) is 4. The first kappa shape index (κ1) is 19.4. The van der Waals surface area contributed by atoms with Crippen LogP contribution in [-0.4, -0.2) is 49.6 Å². The third-order valence-electron chi connectivity index (χ3n) is 6.89. The second-order valence-electron chi connectivity index (χ2n) is 8.90. The van der Waals surface area contributed by atoms with Crippen molar-refractivity contribution in [3.05, 3.63) is 89.5 Å². The van der Waals surface area contributed by atoms with Crippen molar-refractivity contribution in [3.63, 3.8) is 0 Å². The molecule has 3 aromatic carbocycles. The molecule has 3 aliphatic heterocycles. The van der Waals surface area contributed by atoms with E-state index in [2.05, 4.69) is 46.2 Å². The van der Waals surface area contributed by atoms with Crippen molar-refractivity contribution >= 4 is 17.3 Å². The van der Waals surface area contributed by atoms with E-state index in [1.165, 1.54) is 16.8 Å². The van der Waals surface area contributed by atoms with Crippen LogP contribution < -0.4 is 14.5 Å². The molecular weight excluding hydrogens is 398 g/mol. The second kappa shape index (κ2) is 7.99. The zero-order valence-electron chi connectivity index (χ0n) is 18.1. The number of hydrogen-bond donors (Lipinski definition) is 0. The molecule has 1 fully saturated rings. The lowest BCUT2D eigenvalue weighted by Crippen LogP contribution is -2.56. The van der Waals surface area contributed by atoms with E-state index >= 15 is 0 Å². The fourth-order valence-electron chi connectivity index (χ4n) is 5.29. The molecule has 0 radical (unpaired) electrons. The minimum Gasteiger partial charge on any atom is -0.489 e. The minimum atomic E-state index is 0.0962.